The molecule has 2 fully saturated rings. The van der Waals surface area contributed by atoms with Gasteiger partial charge in [0.1, 0.15) is 0 Å². The number of nitrogens with one attached hydrogen (secondary N) is 1. The summed E-state index contributed by atoms with van der Waals surface area (Å²) in [6.07, 6.45) is 5.55. The third kappa shape index (κ3) is 3.49. The Morgan fingerprint density at radius 2 is 2.00 bits per heavy atom. The minimum absolute atomic E-state index is 0.363. The molecule has 102 valence electrons. The highest BCUT2D eigenvalue weighted by atomic mass is 16.2. The zero-order valence-corrected chi connectivity index (χ0v) is 11.3. The number of piperidine rings is 1. The van der Waals surface area contributed by atoms with Crippen molar-refractivity contribution in [3.63, 3.8) is 0 Å². The standard InChI is InChI=1S/C16H22N2O/c19-16(11-13-8-9-13)18-10-4-7-15(12-18)17-14-5-2-1-3-6-14/h1-3,5-6,13,15,17H,4,7-12H2. The van der Waals surface area contributed by atoms with E-state index in [1.165, 1.54) is 12.8 Å². The lowest BCUT2D eigenvalue weighted by molar-refractivity contribution is -0.132. The Morgan fingerprint density at radius 1 is 1.21 bits per heavy atom. The van der Waals surface area contributed by atoms with Crippen molar-refractivity contribution in [3.05, 3.63) is 30.3 Å². The Morgan fingerprint density at radius 3 is 2.74 bits per heavy atom. The van der Waals surface area contributed by atoms with Crippen LogP contribution < -0.4 is 5.32 Å². The van der Waals surface area contributed by atoms with E-state index in [0.717, 1.165) is 38.0 Å². The van der Waals surface area contributed by atoms with Gasteiger partial charge in [-0.1, -0.05) is 18.2 Å². The summed E-state index contributed by atoms with van der Waals surface area (Å²) in [7, 11) is 0. The van der Waals surface area contributed by atoms with Gasteiger partial charge in [0.15, 0.2) is 0 Å². The second-order valence-corrected chi connectivity index (χ2v) is 5.84. The van der Waals surface area contributed by atoms with E-state index in [0.29, 0.717) is 17.9 Å². The maximum atomic E-state index is 12.1. The summed E-state index contributed by atoms with van der Waals surface area (Å²) in [5.41, 5.74) is 1.16. The van der Waals surface area contributed by atoms with Crippen LogP contribution in [0.5, 0.6) is 0 Å². The number of para-hydroxylation sites is 1. The fourth-order valence-corrected chi connectivity index (χ4v) is 2.79. The molecule has 0 aromatic heterocycles. The third-order valence-corrected chi connectivity index (χ3v) is 4.08. The van der Waals surface area contributed by atoms with Crippen molar-refractivity contribution in [1.29, 1.82) is 0 Å². The highest BCUT2D eigenvalue weighted by Crippen LogP contribution is 2.33. The monoisotopic (exact) mass is 258 g/mol. The van der Waals surface area contributed by atoms with E-state index in [9.17, 15) is 4.79 Å². The maximum Gasteiger partial charge on any atom is 0.222 e. The quantitative estimate of drug-likeness (QED) is 0.900. The smallest absolute Gasteiger partial charge is 0.222 e. The highest BCUT2D eigenvalue weighted by Gasteiger charge is 2.29. The molecule has 19 heavy (non-hydrogen) atoms. The summed E-state index contributed by atoms with van der Waals surface area (Å²) < 4.78 is 0. The molecule has 0 bridgehead atoms. The summed E-state index contributed by atoms with van der Waals surface area (Å²) in [4.78, 5) is 14.2. The van der Waals surface area contributed by atoms with Gasteiger partial charge in [-0.15, -0.1) is 0 Å². The van der Waals surface area contributed by atoms with E-state index in [-0.39, 0.29) is 0 Å². The number of carbonyl (C=O) groups is 1. The van der Waals surface area contributed by atoms with Gasteiger partial charge in [-0.3, -0.25) is 4.79 Å². The fourth-order valence-electron chi connectivity index (χ4n) is 2.79. The molecular formula is C16H22N2O. The lowest BCUT2D eigenvalue weighted by Gasteiger charge is -2.34. The van der Waals surface area contributed by atoms with Crippen LogP contribution >= 0.6 is 0 Å². The van der Waals surface area contributed by atoms with Crippen molar-refractivity contribution >= 4 is 11.6 Å². The molecule has 1 aliphatic carbocycles. The van der Waals surface area contributed by atoms with Crippen molar-refractivity contribution in [3.8, 4) is 0 Å². The first kappa shape index (κ1) is 12.5. The number of likely N-dealkylation sites (tertiary alicyclic amines) is 1. The zero-order valence-electron chi connectivity index (χ0n) is 11.3. The molecule has 1 saturated heterocycles. The SMILES string of the molecule is O=C(CC1CC1)N1CCCC(Nc2ccccc2)C1. The molecule has 0 spiro atoms. The lowest BCUT2D eigenvalue weighted by atomic mass is 10.0. The molecule has 2 aliphatic rings. The predicted molar refractivity (Wildman–Crippen MR) is 77.0 cm³/mol. The van der Waals surface area contributed by atoms with Gasteiger partial charge >= 0.3 is 0 Å². The van der Waals surface area contributed by atoms with Crippen molar-refractivity contribution in [2.24, 2.45) is 5.92 Å². The van der Waals surface area contributed by atoms with Crippen LogP contribution in [-0.2, 0) is 4.79 Å². The fraction of sp³-hybridized carbons (Fsp3) is 0.562. The van der Waals surface area contributed by atoms with Crippen molar-refractivity contribution in [2.45, 2.75) is 38.1 Å². The molecule has 3 nitrogen and oxygen atoms in total. The highest BCUT2D eigenvalue weighted by molar-refractivity contribution is 5.77. The second kappa shape index (κ2) is 5.64. The molecule has 1 amide bonds. The molecule has 1 heterocycles. The maximum absolute atomic E-state index is 12.1. The Balaban J connectivity index is 1.53. The molecule has 1 unspecified atom stereocenters. The number of benzene rings is 1. The average molecular weight is 258 g/mol. The van der Waals surface area contributed by atoms with Crippen molar-refractivity contribution in [1.82, 2.24) is 4.90 Å². The topological polar surface area (TPSA) is 32.3 Å². The Hall–Kier alpha value is -1.51. The van der Waals surface area contributed by atoms with Crippen molar-refractivity contribution < 1.29 is 4.79 Å². The lowest BCUT2D eigenvalue weighted by Crippen LogP contribution is -2.45. The first-order chi connectivity index (χ1) is 9.31. The first-order valence-electron chi connectivity index (χ1n) is 7.40. The molecule has 1 saturated carbocycles. The molecule has 3 rings (SSSR count). The molecule has 1 N–H and O–H groups in total. The van der Waals surface area contributed by atoms with E-state index in [1.54, 1.807) is 0 Å². The summed E-state index contributed by atoms with van der Waals surface area (Å²) in [5.74, 6) is 1.05. The zero-order chi connectivity index (χ0) is 13.1. The van der Waals surface area contributed by atoms with Gasteiger partial charge in [0.05, 0.1) is 0 Å². The minimum Gasteiger partial charge on any atom is -0.381 e. The summed E-state index contributed by atoms with van der Waals surface area (Å²) in [5, 5.41) is 3.54. The largest absolute Gasteiger partial charge is 0.381 e. The molecule has 1 aliphatic heterocycles. The van der Waals surface area contributed by atoms with Gasteiger partial charge in [-0.2, -0.15) is 0 Å². The number of amides is 1. The number of anilines is 1. The first-order valence-corrected chi connectivity index (χ1v) is 7.40. The van der Waals surface area contributed by atoms with Crippen LogP contribution in [0.4, 0.5) is 5.69 Å². The van der Waals surface area contributed by atoms with E-state index in [2.05, 4.69) is 22.3 Å². The normalized spacial score (nSPS) is 23.2. The summed E-state index contributed by atoms with van der Waals surface area (Å²) in [6, 6.07) is 10.7. The Bertz CT molecular complexity index is 428. The van der Waals surface area contributed by atoms with Crippen LogP contribution in [0.25, 0.3) is 0 Å². The van der Waals surface area contributed by atoms with E-state index in [1.807, 2.05) is 18.2 Å². The molecule has 1 aromatic carbocycles. The van der Waals surface area contributed by atoms with Crippen LogP contribution in [0.3, 0.4) is 0 Å². The van der Waals surface area contributed by atoms with Gasteiger partial charge < -0.3 is 10.2 Å². The Labute approximate surface area is 115 Å². The third-order valence-electron chi connectivity index (χ3n) is 4.08. The van der Waals surface area contributed by atoms with Gasteiger partial charge in [-0.25, -0.2) is 0 Å². The summed E-state index contributed by atoms with van der Waals surface area (Å²) in [6.45, 7) is 1.80. The van der Waals surface area contributed by atoms with E-state index in [4.69, 9.17) is 0 Å². The van der Waals surface area contributed by atoms with E-state index < -0.39 is 0 Å². The molecule has 3 heteroatoms. The van der Waals surface area contributed by atoms with Gasteiger partial charge in [0, 0.05) is 31.2 Å². The number of hydrogen-bond donors (Lipinski definition) is 1. The molecule has 0 radical (unpaired) electrons. The van der Waals surface area contributed by atoms with Crippen molar-refractivity contribution in [2.75, 3.05) is 18.4 Å². The molecule has 1 atom stereocenters. The van der Waals surface area contributed by atoms with Crippen LogP contribution in [0.2, 0.25) is 0 Å². The van der Waals surface area contributed by atoms with Crippen LogP contribution in [0, 0.1) is 5.92 Å². The average Bonchev–Trinajstić information content (AvgIpc) is 3.24. The Kier molecular flexibility index (Phi) is 3.72. The minimum atomic E-state index is 0.363. The molecule has 1 aromatic rings. The van der Waals surface area contributed by atoms with Gasteiger partial charge in [0.2, 0.25) is 5.91 Å². The van der Waals surface area contributed by atoms with Crippen LogP contribution in [0.1, 0.15) is 32.1 Å². The second-order valence-electron chi connectivity index (χ2n) is 5.84. The van der Waals surface area contributed by atoms with Gasteiger partial charge in [0.25, 0.3) is 0 Å². The van der Waals surface area contributed by atoms with E-state index >= 15 is 0 Å². The number of nitrogens with zero attached hydrogens (tertiary/aromatic N) is 1. The van der Waals surface area contributed by atoms with Crippen LogP contribution in [-0.4, -0.2) is 29.9 Å². The summed E-state index contributed by atoms with van der Waals surface area (Å²) >= 11 is 0. The van der Waals surface area contributed by atoms with Gasteiger partial charge in [-0.05, 0) is 43.7 Å². The van der Waals surface area contributed by atoms with Crippen LogP contribution in [0.15, 0.2) is 30.3 Å². The number of rotatable bonds is 4. The number of carbonyl (C=O) groups excluding carboxylic acids is 1. The predicted octanol–water partition coefficient (Wildman–Crippen LogP) is 2.89. The number of hydrogen-bond acceptors (Lipinski definition) is 2. The molecular weight excluding hydrogens is 236 g/mol.